The number of rotatable bonds is 3. The van der Waals surface area contributed by atoms with Crippen LogP contribution in [0.3, 0.4) is 0 Å². The van der Waals surface area contributed by atoms with E-state index in [1.54, 1.807) is 4.90 Å². The predicted octanol–water partition coefficient (Wildman–Crippen LogP) is 2.79. The van der Waals surface area contributed by atoms with E-state index in [-0.39, 0.29) is 11.6 Å². The molecule has 5 nitrogen and oxygen atoms in total. The summed E-state index contributed by atoms with van der Waals surface area (Å²) in [6.45, 7) is 1.36. The third-order valence-corrected chi connectivity index (χ3v) is 3.69. The number of hydrogen-bond acceptors (Lipinski definition) is 4. The Morgan fingerprint density at radius 1 is 1.43 bits per heavy atom. The van der Waals surface area contributed by atoms with Crippen molar-refractivity contribution in [3.63, 3.8) is 0 Å². The molecule has 1 aliphatic heterocycles. The van der Waals surface area contributed by atoms with Gasteiger partial charge in [-0.15, -0.1) is 0 Å². The highest BCUT2D eigenvalue weighted by molar-refractivity contribution is 5.59. The van der Waals surface area contributed by atoms with Crippen molar-refractivity contribution in [1.82, 2.24) is 0 Å². The van der Waals surface area contributed by atoms with E-state index in [1.165, 1.54) is 6.07 Å². The van der Waals surface area contributed by atoms with Gasteiger partial charge in [-0.2, -0.15) is 13.2 Å². The molecule has 0 aliphatic carbocycles. The number of nitrogens with zero attached hydrogens (tertiary/aromatic N) is 2. The molecule has 0 amide bonds. The van der Waals surface area contributed by atoms with Gasteiger partial charge < -0.3 is 10.6 Å². The first-order chi connectivity index (χ1) is 9.82. The number of benzene rings is 1. The maximum absolute atomic E-state index is 13.2. The standard InChI is InChI=1S/C13H16F3N3O2/c14-13(15,16)11-6-10(19(20)21)3-4-12(11)18-5-1-2-9(7-17)8-18/h3-4,6,9H,1-2,5,7-8,17H2. The second-order valence-electron chi connectivity index (χ2n) is 5.15. The highest BCUT2D eigenvalue weighted by atomic mass is 19.4. The molecule has 1 aliphatic rings. The van der Waals surface area contributed by atoms with Gasteiger partial charge in [0, 0.05) is 30.9 Å². The number of non-ortho nitro benzene ring substituents is 1. The molecule has 1 heterocycles. The molecule has 0 radical (unpaired) electrons. The van der Waals surface area contributed by atoms with Gasteiger partial charge in [-0.05, 0) is 31.4 Å². The van der Waals surface area contributed by atoms with E-state index in [0.29, 0.717) is 25.7 Å². The fraction of sp³-hybridized carbons (Fsp3) is 0.538. The van der Waals surface area contributed by atoms with Crippen molar-refractivity contribution in [3.05, 3.63) is 33.9 Å². The van der Waals surface area contributed by atoms with Gasteiger partial charge in [0.15, 0.2) is 0 Å². The van der Waals surface area contributed by atoms with Crippen LogP contribution in [0, 0.1) is 16.0 Å². The van der Waals surface area contributed by atoms with Gasteiger partial charge >= 0.3 is 6.18 Å². The van der Waals surface area contributed by atoms with Crippen LogP contribution >= 0.6 is 0 Å². The lowest BCUT2D eigenvalue weighted by Gasteiger charge is -2.35. The zero-order valence-corrected chi connectivity index (χ0v) is 11.3. The molecular formula is C13H16F3N3O2. The number of piperidine rings is 1. The SMILES string of the molecule is NCC1CCCN(c2ccc([N+](=O)[O-])cc2C(F)(F)F)C1. The number of nitro groups is 1. The van der Waals surface area contributed by atoms with Crippen molar-refractivity contribution >= 4 is 11.4 Å². The number of nitro benzene ring substituents is 1. The number of hydrogen-bond donors (Lipinski definition) is 1. The van der Waals surface area contributed by atoms with Crippen LogP contribution < -0.4 is 10.6 Å². The minimum Gasteiger partial charge on any atom is -0.371 e. The minimum atomic E-state index is -4.63. The molecule has 1 aromatic carbocycles. The fourth-order valence-corrected chi connectivity index (χ4v) is 2.62. The quantitative estimate of drug-likeness (QED) is 0.688. The third-order valence-electron chi connectivity index (χ3n) is 3.69. The van der Waals surface area contributed by atoms with E-state index in [1.807, 2.05) is 0 Å². The van der Waals surface area contributed by atoms with Crippen LogP contribution in [0.1, 0.15) is 18.4 Å². The van der Waals surface area contributed by atoms with Crippen LogP contribution in [0.5, 0.6) is 0 Å². The summed E-state index contributed by atoms with van der Waals surface area (Å²) in [4.78, 5) is 11.5. The molecule has 2 N–H and O–H groups in total. The molecule has 21 heavy (non-hydrogen) atoms. The van der Waals surface area contributed by atoms with Crippen molar-refractivity contribution in [3.8, 4) is 0 Å². The van der Waals surface area contributed by atoms with Crippen LogP contribution in [-0.4, -0.2) is 24.6 Å². The lowest BCUT2D eigenvalue weighted by molar-refractivity contribution is -0.385. The van der Waals surface area contributed by atoms with Crippen molar-refractivity contribution < 1.29 is 18.1 Å². The third kappa shape index (κ3) is 3.44. The Hall–Kier alpha value is -1.83. The molecule has 0 saturated carbocycles. The van der Waals surface area contributed by atoms with E-state index < -0.39 is 22.4 Å². The first kappa shape index (κ1) is 15.6. The smallest absolute Gasteiger partial charge is 0.371 e. The first-order valence-corrected chi connectivity index (χ1v) is 6.63. The lowest BCUT2D eigenvalue weighted by Crippen LogP contribution is -2.39. The fourth-order valence-electron chi connectivity index (χ4n) is 2.62. The van der Waals surface area contributed by atoms with Gasteiger partial charge in [-0.3, -0.25) is 10.1 Å². The Morgan fingerprint density at radius 2 is 2.14 bits per heavy atom. The number of anilines is 1. The van der Waals surface area contributed by atoms with Crippen molar-refractivity contribution in [2.24, 2.45) is 11.7 Å². The molecule has 116 valence electrons. The molecule has 0 bridgehead atoms. The molecule has 0 aromatic heterocycles. The Labute approximate surface area is 119 Å². The van der Waals surface area contributed by atoms with E-state index in [9.17, 15) is 23.3 Å². The second-order valence-corrected chi connectivity index (χ2v) is 5.15. The topological polar surface area (TPSA) is 72.4 Å². The Bertz CT molecular complexity index is 534. The summed E-state index contributed by atoms with van der Waals surface area (Å²) < 4.78 is 39.5. The molecule has 0 spiro atoms. The van der Waals surface area contributed by atoms with Gasteiger partial charge in [0.2, 0.25) is 0 Å². The average Bonchev–Trinajstić information content (AvgIpc) is 2.45. The van der Waals surface area contributed by atoms with Gasteiger partial charge in [0.1, 0.15) is 0 Å². The van der Waals surface area contributed by atoms with E-state index in [0.717, 1.165) is 18.9 Å². The number of halogens is 3. The first-order valence-electron chi connectivity index (χ1n) is 6.63. The summed E-state index contributed by atoms with van der Waals surface area (Å²) in [6, 6.07) is 2.89. The highest BCUT2D eigenvalue weighted by Crippen LogP contribution is 2.39. The zero-order chi connectivity index (χ0) is 15.6. The Morgan fingerprint density at radius 3 is 2.71 bits per heavy atom. The molecule has 1 fully saturated rings. The largest absolute Gasteiger partial charge is 0.418 e. The maximum Gasteiger partial charge on any atom is 0.418 e. The zero-order valence-electron chi connectivity index (χ0n) is 11.3. The van der Waals surface area contributed by atoms with Crippen molar-refractivity contribution in [2.45, 2.75) is 19.0 Å². The summed E-state index contributed by atoms with van der Waals surface area (Å²) in [5.74, 6) is 0.148. The van der Waals surface area contributed by atoms with Crippen LogP contribution in [0.15, 0.2) is 18.2 Å². The predicted molar refractivity (Wildman–Crippen MR) is 72.1 cm³/mol. The van der Waals surface area contributed by atoms with Crippen LogP contribution in [-0.2, 0) is 6.18 Å². The number of alkyl halides is 3. The normalized spacial score (nSPS) is 19.6. The molecule has 1 saturated heterocycles. The molecule has 1 atom stereocenters. The van der Waals surface area contributed by atoms with Gasteiger partial charge in [-0.1, -0.05) is 0 Å². The van der Waals surface area contributed by atoms with E-state index in [2.05, 4.69) is 0 Å². The van der Waals surface area contributed by atoms with E-state index >= 15 is 0 Å². The molecule has 1 unspecified atom stereocenters. The Balaban J connectivity index is 2.40. The second kappa shape index (κ2) is 5.88. The molecule has 2 rings (SSSR count). The van der Waals surface area contributed by atoms with Crippen molar-refractivity contribution in [2.75, 3.05) is 24.5 Å². The summed E-state index contributed by atoms with van der Waals surface area (Å²) in [7, 11) is 0. The van der Waals surface area contributed by atoms with E-state index in [4.69, 9.17) is 5.73 Å². The van der Waals surface area contributed by atoms with Crippen molar-refractivity contribution in [1.29, 1.82) is 0 Å². The van der Waals surface area contributed by atoms with Crippen LogP contribution in [0.25, 0.3) is 0 Å². The summed E-state index contributed by atoms with van der Waals surface area (Å²) >= 11 is 0. The minimum absolute atomic E-state index is 0.00810. The molecule has 1 aromatic rings. The van der Waals surface area contributed by atoms with Crippen LogP contribution in [0.4, 0.5) is 24.5 Å². The summed E-state index contributed by atoms with van der Waals surface area (Å²) in [5.41, 5.74) is 4.06. The lowest BCUT2D eigenvalue weighted by atomic mass is 9.97. The summed E-state index contributed by atoms with van der Waals surface area (Å²) in [6.07, 6.45) is -2.98. The van der Waals surface area contributed by atoms with Gasteiger partial charge in [-0.25, -0.2) is 0 Å². The monoisotopic (exact) mass is 303 g/mol. The molecular weight excluding hydrogens is 287 g/mol. The maximum atomic E-state index is 13.2. The van der Waals surface area contributed by atoms with Gasteiger partial charge in [0.05, 0.1) is 10.5 Å². The number of nitrogens with two attached hydrogens (primary N) is 1. The summed E-state index contributed by atoms with van der Waals surface area (Å²) in [5, 5.41) is 10.7. The molecule has 8 heteroatoms. The Kier molecular flexibility index (Phi) is 4.36. The van der Waals surface area contributed by atoms with Crippen LogP contribution in [0.2, 0.25) is 0 Å². The average molecular weight is 303 g/mol. The van der Waals surface area contributed by atoms with Gasteiger partial charge in [0.25, 0.3) is 5.69 Å². The highest BCUT2D eigenvalue weighted by Gasteiger charge is 2.37.